The maximum atomic E-state index is 14.1. The highest BCUT2D eigenvalue weighted by molar-refractivity contribution is 6.30. The summed E-state index contributed by atoms with van der Waals surface area (Å²) in [7, 11) is 1.82. The first-order valence-corrected chi connectivity index (χ1v) is 12.2. The van der Waals surface area contributed by atoms with Crippen molar-refractivity contribution in [3.8, 4) is 0 Å². The number of halogens is 2. The van der Waals surface area contributed by atoms with E-state index in [0.717, 1.165) is 16.8 Å². The van der Waals surface area contributed by atoms with Crippen LogP contribution in [0.25, 0.3) is 0 Å². The molecule has 1 aliphatic heterocycles. The van der Waals surface area contributed by atoms with Gasteiger partial charge < -0.3 is 20.3 Å². The van der Waals surface area contributed by atoms with E-state index < -0.39 is 23.9 Å². The molecule has 0 unspecified atom stereocenters. The maximum Gasteiger partial charge on any atom is 0.256 e. The molecule has 2 atom stereocenters. The summed E-state index contributed by atoms with van der Waals surface area (Å²) in [5.41, 5.74) is 3.17. The molecule has 0 saturated carbocycles. The van der Waals surface area contributed by atoms with E-state index in [4.69, 9.17) is 16.3 Å². The Bertz CT molecular complexity index is 1270. The van der Waals surface area contributed by atoms with Crippen molar-refractivity contribution in [2.75, 3.05) is 29.1 Å². The molecule has 2 amide bonds. The summed E-state index contributed by atoms with van der Waals surface area (Å²) >= 11 is 6.39. The molecule has 4 rings (SSSR count). The fourth-order valence-corrected chi connectivity index (χ4v) is 4.49. The van der Waals surface area contributed by atoms with Crippen LogP contribution in [0.2, 0.25) is 5.02 Å². The van der Waals surface area contributed by atoms with Gasteiger partial charge in [0.25, 0.3) is 5.91 Å². The molecule has 0 bridgehead atoms. The van der Waals surface area contributed by atoms with Gasteiger partial charge in [-0.15, -0.1) is 0 Å². The highest BCUT2D eigenvalue weighted by Gasteiger charge is 2.38. The van der Waals surface area contributed by atoms with E-state index >= 15 is 0 Å². The van der Waals surface area contributed by atoms with Crippen LogP contribution in [-0.4, -0.2) is 31.5 Å². The second-order valence-corrected chi connectivity index (χ2v) is 9.59. The first-order valence-electron chi connectivity index (χ1n) is 11.8. The lowest BCUT2D eigenvalue weighted by Crippen LogP contribution is -2.42. The summed E-state index contributed by atoms with van der Waals surface area (Å²) in [4.78, 5) is 28.4. The zero-order valence-corrected chi connectivity index (χ0v) is 21.2. The Balaban J connectivity index is 1.75. The SMILES string of the molecule is CNc1cccc([C@H]2O[C@H](CC(=O)Nc3ccccc3F)C(=O)N(CC(C)C)c3ccc(Cl)cc32)c1. The van der Waals surface area contributed by atoms with Crippen molar-refractivity contribution in [2.45, 2.75) is 32.5 Å². The zero-order valence-electron chi connectivity index (χ0n) is 20.4. The van der Waals surface area contributed by atoms with E-state index in [1.165, 1.54) is 12.1 Å². The van der Waals surface area contributed by atoms with Gasteiger partial charge in [0.05, 0.1) is 12.1 Å². The molecule has 0 aliphatic carbocycles. The third kappa shape index (κ3) is 5.69. The Morgan fingerprint density at radius 3 is 2.61 bits per heavy atom. The Morgan fingerprint density at radius 1 is 1.11 bits per heavy atom. The number of nitrogens with one attached hydrogen (secondary N) is 2. The molecule has 1 aliphatic rings. The lowest BCUT2D eigenvalue weighted by atomic mass is 9.98. The van der Waals surface area contributed by atoms with Crippen molar-refractivity contribution >= 4 is 40.5 Å². The quantitative estimate of drug-likeness (QED) is 0.408. The van der Waals surface area contributed by atoms with Crippen LogP contribution < -0.4 is 15.5 Å². The first-order chi connectivity index (χ1) is 17.3. The van der Waals surface area contributed by atoms with Crippen LogP contribution >= 0.6 is 11.6 Å². The lowest BCUT2D eigenvalue weighted by Gasteiger charge is -2.26. The van der Waals surface area contributed by atoms with Gasteiger partial charge in [0.15, 0.2) is 0 Å². The van der Waals surface area contributed by atoms with Gasteiger partial charge in [-0.05, 0) is 53.9 Å². The van der Waals surface area contributed by atoms with Crippen LogP contribution in [0.15, 0.2) is 66.7 Å². The van der Waals surface area contributed by atoms with Crippen molar-refractivity contribution in [2.24, 2.45) is 5.92 Å². The zero-order chi connectivity index (χ0) is 25.8. The second-order valence-electron chi connectivity index (χ2n) is 9.16. The van der Waals surface area contributed by atoms with Crippen LogP contribution in [0.3, 0.4) is 0 Å². The number of benzene rings is 3. The van der Waals surface area contributed by atoms with E-state index in [1.54, 1.807) is 29.2 Å². The minimum Gasteiger partial charge on any atom is -0.388 e. The van der Waals surface area contributed by atoms with Gasteiger partial charge in [0.1, 0.15) is 18.0 Å². The molecule has 8 heteroatoms. The van der Waals surface area contributed by atoms with Gasteiger partial charge >= 0.3 is 0 Å². The predicted molar refractivity (Wildman–Crippen MR) is 141 cm³/mol. The number of para-hydroxylation sites is 1. The summed E-state index contributed by atoms with van der Waals surface area (Å²) in [6, 6.07) is 18.9. The summed E-state index contributed by atoms with van der Waals surface area (Å²) in [6.07, 6.45) is -2.02. The van der Waals surface area contributed by atoms with Gasteiger partial charge in [-0.2, -0.15) is 0 Å². The van der Waals surface area contributed by atoms with E-state index in [2.05, 4.69) is 10.6 Å². The highest BCUT2D eigenvalue weighted by Crippen LogP contribution is 2.40. The normalized spacial score (nSPS) is 17.5. The Morgan fingerprint density at radius 2 is 1.89 bits per heavy atom. The number of hydrogen-bond donors (Lipinski definition) is 2. The standard InChI is InChI=1S/C28H29ClFN3O3/c1-17(2)16-33-24-12-11-19(29)14-21(24)27(18-7-6-8-20(13-18)31-3)36-25(28(33)35)15-26(34)32-23-10-5-4-9-22(23)30/h4-14,17,25,27,31H,15-16H2,1-3H3,(H,32,34)/t25-,27-/m1/s1. The topological polar surface area (TPSA) is 70.7 Å². The highest BCUT2D eigenvalue weighted by atomic mass is 35.5. The van der Waals surface area contributed by atoms with E-state index in [9.17, 15) is 14.0 Å². The van der Waals surface area contributed by atoms with Gasteiger partial charge in [-0.25, -0.2) is 4.39 Å². The van der Waals surface area contributed by atoms with Crippen LogP contribution in [0, 0.1) is 11.7 Å². The van der Waals surface area contributed by atoms with Gasteiger partial charge in [-0.1, -0.05) is 49.7 Å². The summed E-state index contributed by atoms with van der Waals surface area (Å²) in [6.45, 7) is 4.47. The maximum absolute atomic E-state index is 14.1. The van der Waals surface area contributed by atoms with Gasteiger partial charge in [0.2, 0.25) is 5.91 Å². The van der Waals surface area contributed by atoms with Crippen molar-refractivity contribution in [3.63, 3.8) is 0 Å². The smallest absolute Gasteiger partial charge is 0.256 e. The molecule has 1 heterocycles. The lowest BCUT2D eigenvalue weighted by molar-refractivity contribution is -0.136. The Labute approximate surface area is 215 Å². The summed E-state index contributed by atoms with van der Waals surface area (Å²) < 4.78 is 20.5. The molecule has 3 aromatic rings. The fraction of sp³-hybridized carbons (Fsp3) is 0.286. The number of anilines is 3. The van der Waals surface area contributed by atoms with E-state index in [1.807, 2.05) is 51.2 Å². The third-order valence-corrected chi connectivity index (χ3v) is 6.18. The van der Waals surface area contributed by atoms with Crippen LogP contribution in [-0.2, 0) is 14.3 Å². The molecule has 0 saturated heterocycles. The fourth-order valence-electron chi connectivity index (χ4n) is 4.31. The van der Waals surface area contributed by atoms with Crippen LogP contribution in [0.5, 0.6) is 0 Å². The number of carbonyl (C=O) groups is 2. The molecule has 6 nitrogen and oxygen atoms in total. The number of fused-ring (bicyclic) bond motifs is 1. The second kappa shape index (κ2) is 11.1. The monoisotopic (exact) mass is 509 g/mol. The summed E-state index contributed by atoms with van der Waals surface area (Å²) in [5.74, 6) is -1.24. The Kier molecular flexibility index (Phi) is 7.91. The van der Waals surface area contributed by atoms with Gasteiger partial charge in [-0.3, -0.25) is 9.59 Å². The first kappa shape index (κ1) is 25.7. The molecule has 0 radical (unpaired) electrons. The molecular weight excluding hydrogens is 481 g/mol. The number of carbonyl (C=O) groups excluding carboxylic acids is 2. The molecular formula is C28H29ClFN3O3. The predicted octanol–water partition coefficient (Wildman–Crippen LogP) is 6.03. The molecule has 2 N–H and O–H groups in total. The minimum absolute atomic E-state index is 0.0518. The number of amides is 2. The van der Waals surface area contributed by atoms with E-state index in [0.29, 0.717) is 17.3 Å². The van der Waals surface area contributed by atoms with Crippen LogP contribution in [0.4, 0.5) is 21.5 Å². The molecule has 0 aromatic heterocycles. The largest absolute Gasteiger partial charge is 0.388 e. The molecule has 0 spiro atoms. The average Bonchev–Trinajstić information content (AvgIpc) is 2.95. The van der Waals surface area contributed by atoms with Crippen molar-refractivity contribution in [1.29, 1.82) is 0 Å². The van der Waals surface area contributed by atoms with E-state index in [-0.39, 0.29) is 23.9 Å². The number of nitrogens with zero attached hydrogens (tertiary/aromatic N) is 1. The van der Waals surface area contributed by atoms with Gasteiger partial charge in [0, 0.05) is 35.6 Å². The van der Waals surface area contributed by atoms with Crippen molar-refractivity contribution in [3.05, 3.63) is 88.7 Å². The number of rotatable bonds is 7. The Hall–Kier alpha value is -3.42. The molecule has 3 aromatic carbocycles. The summed E-state index contributed by atoms with van der Waals surface area (Å²) in [5, 5.41) is 6.19. The van der Waals surface area contributed by atoms with Crippen molar-refractivity contribution < 1.29 is 18.7 Å². The minimum atomic E-state index is -1.09. The van der Waals surface area contributed by atoms with Crippen molar-refractivity contribution in [1.82, 2.24) is 0 Å². The molecule has 188 valence electrons. The molecule has 0 fully saturated rings. The third-order valence-electron chi connectivity index (χ3n) is 5.95. The van der Waals surface area contributed by atoms with Crippen LogP contribution in [0.1, 0.15) is 37.5 Å². The molecule has 36 heavy (non-hydrogen) atoms. The average molecular weight is 510 g/mol. The number of hydrogen-bond acceptors (Lipinski definition) is 4. The number of ether oxygens (including phenoxy) is 1.